The Balaban J connectivity index is 3.14. The van der Waals surface area contributed by atoms with Crippen molar-refractivity contribution >= 4 is 11.4 Å². The molecule has 120 valence electrons. The van der Waals surface area contributed by atoms with Gasteiger partial charge < -0.3 is 4.55 Å². The van der Waals surface area contributed by atoms with Crippen LogP contribution in [0, 0.1) is 0 Å². The molecule has 0 aliphatic rings. The standard InChI is InChI=1S/C15H22F3NOS/c1-6-14(5,19-21(20)13(2,3)4)11-8-7-9-12(10-11)15(16,17)18/h7-10,19H,6H2,1-5H3. The van der Waals surface area contributed by atoms with Gasteiger partial charge in [0.25, 0.3) is 0 Å². The molecule has 0 aliphatic heterocycles. The fraction of sp³-hybridized carbons (Fsp3) is 0.600. The van der Waals surface area contributed by atoms with Crippen molar-refractivity contribution in [1.82, 2.24) is 4.72 Å². The Morgan fingerprint density at radius 1 is 1.10 bits per heavy atom. The van der Waals surface area contributed by atoms with Crippen LogP contribution in [0.5, 0.6) is 0 Å². The molecule has 0 bridgehead atoms. The van der Waals surface area contributed by atoms with E-state index in [0.717, 1.165) is 12.1 Å². The van der Waals surface area contributed by atoms with E-state index < -0.39 is 33.4 Å². The third kappa shape index (κ3) is 4.63. The van der Waals surface area contributed by atoms with Gasteiger partial charge >= 0.3 is 6.18 Å². The number of nitrogens with one attached hydrogen (secondary N) is 1. The molecule has 1 rings (SSSR count). The molecule has 0 spiro atoms. The Morgan fingerprint density at radius 2 is 1.62 bits per heavy atom. The van der Waals surface area contributed by atoms with Gasteiger partial charge in [-0.2, -0.15) is 13.2 Å². The number of hydrogen-bond acceptors (Lipinski definition) is 2. The first-order chi connectivity index (χ1) is 9.40. The molecule has 0 amide bonds. The molecule has 6 heteroatoms. The van der Waals surface area contributed by atoms with Crippen LogP contribution in [0.3, 0.4) is 0 Å². The first kappa shape index (κ1) is 18.3. The van der Waals surface area contributed by atoms with Gasteiger partial charge in [0.1, 0.15) is 4.75 Å². The maximum absolute atomic E-state index is 12.8. The maximum atomic E-state index is 12.8. The molecular weight excluding hydrogens is 299 g/mol. The normalized spacial score (nSPS) is 17.4. The summed E-state index contributed by atoms with van der Waals surface area (Å²) in [6.07, 6.45) is -3.86. The Bertz CT molecular complexity index is 485. The summed E-state index contributed by atoms with van der Waals surface area (Å²) in [5.41, 5.74) is -0.986. The van der Waals surface area contributed by atoms with Crippen molar-refractivity contribution in [2.24, 2.45) is 0 Å². The van der Waals surface area contributed by atoms with E-state index >= 15 is 0 Å². The van der Waals surface area contributed by atoms with Gasteiger partial charge in [-0.05, 0) is 51.8 Å². The van der Waals surface area contributed by atoms with E-state index in [-0.39, 0.29) is 0 Å². The van der Waals surface area contributed by atoms with Crippen LogP contribution in [0.25, 0.3) is 0 Å². The first-order valence-electron chi connectivity index (χ1n) is 6.77. The lowest BCUT2D eigenvalue weighted by molar-refractivity contribution is -0.137. The topological polar surface area (TPSA) is 35.1 Å². The molecule has 0 aliphatic carbocycles. The third-order valence-corrected chi connectivity index (χ3v) is 5.16. The highest BCUT2D eigenvalue weighted by Gasteiger charge is 2.37. The number of hydrogen-bond donors (Lipinski definition) is 1. The van der Waals surface area contributed by atoms with Crippen molar-refractivity contribution in [2.75, 3.05) is 0 Å². The van der Waals surface area contributed by atoms with Crippen LogP contribution in [0.4, 0.5) is 13.2 Å². The average molecular weight is 321 g/mol. The molecule has 0 radical (unpaired) electrons. The fourth-order valence-electron chi connectivity index (χ4n) is 1.73. The zero-order valence-electron chi connectivity index (χ0n) is 13.0. The van der Waals surface area contributed by atoms with E-state index in [1.54, 1.807) is 13.0 Å². The second-order valence-corrected chi connectivity index (χ2v) is 8.21. The van der Waals surface area contributed by atoms with E-state index in [1.807, 2.05) is 27.7 Å². The monoisotopic (exact) mass is 321 g/mol. The second kappa shape index (κ2) is 6.18. The van der Waals surface area contributed by atoms with Gasteiger partial charge in [-0.25, -0.2) is 0 Å². The molecule has 1 aromatic rings. The summed E-state index contributed by atoms with van der Waals surface area (Å²) >= 11 is -1.37. The SMILES string of the molecule is CCC(C)(N[S+]([O-])C(C)(C)C)c1cccc(C(F)(F)F)c1. The van der Waals surface area contributed by atoms with Gasteiger partial charge in [0.2, 0.25) is 0 Å². The predicted octanol–water partition coefficient (Wildman–Crippen LogP) is 4.38. The number of halogens is 3. The van der Waals surface area contributed by atoms with Crippen LogP contribution in [-0.4, -0.2) is 9.30 Å². The minimum atomic E-state index is -4.38. The molecule has 1 N–H and O–H groups in total. The molecule has 21 heavy (non-hydrogen) atoms. The summed E-state index contributed by atoms with van der Waals surface area (Å²) in [4.78, 5) is 0. The van der Waals surface area contributed by atoms with Crippen molar-refractivity contribution in [3.63, 3.8) is 0 Å². The van der Waals surface area contributed by atoms with Crippen molar-refractivity contribution in [2.45, 2.75) is 57.5 Å². The first-order valence-corrected chi connectivity index (χ1v) is 7.92. The van der Waals surface area contributed by atoms with Crippen LogP contribution >= 0.6 is 0 Å². The van der Waals surface area contributed by atoms with Crippen molar-refractivity contribution < 1.29 is 17.7 Å². The largest absolute Gasteiger partial charge is 0.598 e. The van der Waals surface area contributed by atoms with E-state index in [0.29, 0.717) is 12.0 Å². The zero-order valence-corrected chi connectivity index (χ0v) is 13.8. The predicted molar refractivity (Wildman–Crippen MR) is 80.1 cm³/mol. The van der Waals surface area contributed by atoms with Gasteiger partial charge in [0.15, 0.2) is 0 Å². The van der Waals surface area contributed by atoms with Crippen LogP contribution in [0.15, 0.2) is 24.3 Å². The Morgan fingerprint density at radius 3 is 2.05 bits per heavy atom. The van der Waals surface area contributed by atoms with Crippen LogP contribution < -0.4 is 4.72 Å². The van der Waals surface area contributed by atoms with Gasteiger partial charge in [0.05, 0.1) is 11.1 Å². The Hall–Kier alpha value is -0.720. The molecule has 2 atom stereocenters. The molecular formula is C15H22F3NOS. The zero-order chi connectivity index (χ0) is 16.5. The number of alkyl halides is 3. The van der Waals surface area contributed by atoms with Gasteiger partial charge in [-0.3, -0.25) is 0 Å². The van der Waals surface area contributed by atoms with E-state index in [4.69, 9.17) is 0 Å². The number of benzene rings is 1. The highest BCUT2D eigenvalue weighted by Crippen LogP contribution is 2.34. The van der Waals surface area contributed by atoms with Crippen molar-refractivity contribution in [1.29, 1.82) is 0 Å². The van der Waals surface area contributed by atoms with Crippen molar-refractivity contribution in [3.05, 3.63) is 35.4 Å². The lowest BCUT2D eigenvalue weighted by Crippen LogP contribution is -2.49. The Kier molecular flexibility index (Phi) is 5.40. The highest BCUT2D eigenvalue weighted by atomic mass is 32.2. The molecule has 0 heterocycles. The summed E-state index contributed by atoms with van der Waals surface area (Å²) in [7, 11) is 0. The lowest BCUT2D eigenvalue weighted by Gasteiger charge is -2.34. The lowest BCUT2D eigenvalue weighted by atomic mass is 9.89. The van der Waals surface area contributed by atoms with Gasteiger partial charge in [-0.1, -0.05) is 19.1 Å². The van der Waals surface area contributed by atoms with Crippen LogP contribution in [0.1, 0.15) is 52.2 Å². The Labute approximate surface area is 127 Å². The minimum absolute atomic E-state index is 0.484. The van der Waals surface area contributed by atoms with Crippen LogP contribution in [-0.2, 0) is 23.1 Å². The van der Waals surface area contributed by atoms with Crippen molar-refractivity contribution in [3.8, 4) is 0 Å². The molecule has 0 fully saturated rings. The molecule has 2 unspecified atom stereocenters. The summed E-state index contributed by atoms with van der Waals surface area (Å²) in [5.74, 6) is 0. The molecule has 0 saturated carbocycles. The minimum Gasteiger partial charge on any atom is -0.598 e. The smallest absolute Gasteiger partial charge is 0.416 e. The number of rotatable bonds is 4. The van der Waals surface area contributed by atoms with Crippen LogP contribution in [0.2, 0.25) is 0 Å². The maximum Gasteiger partial charge on any atom is 0.416 e. The highest BCUT2D eigenvalue weighted by molar-refractivity contribution is 7.90. The van der Waals surface area contributed by atoms with E-state index in [2.05, 4.69) is 4.72 Å². The molecule has 1 aromatic carbocycles. The van der Waals surface area contributed by atoms with E-state index in [1.165, 1.54) is 6.07 Å². The third-order valence-electron chi connectivity index (χ3n) is 3.41. The second-order valence-electron chi connectivity index (χ2n) is 6.25. The van der Waals surface area contributed by atoms with Gasteiger partial charge in [0, 0.05) is 11.4 Å². The van der Waals surface area contributed by atoms with Gasteiger partial charge in [-0.15, -0.1) is 4.72 Å². The van der Waals surface area contributed by atoms with E-state index in [9.17, 15) is 17.7 Å². The average Bonchev–Trinajstić information content (AvgIpc) is 2.36. The summed E-state index contributed by atoms with van der Waals surface area (Å²) < 4.78 is 53.3. The molecule has 2 nitrogen and oxygen atoms in total. The molecule has 0 saturated heterocycles. The summed E-state index contributed by atoms with van der Waals surface area (Å²) in [6.45, 7) is 9.08. The summed E-state index contributed by atoms with van der Waals surface area (Å²) in [5, 5.41) is 0. The quantitative estimate of drug-likeness (QED) is 0.835. The fourth-order valence-corrected chi connectivity index (χ4v) is 2.71. The molecule has 0 aromatic heterocycles. The summed E-state index contributed by atoms with van der Waals surface area (Å²) in [6, 6.07) is 5.18.